The predicted octanol–water partition coefficient (Wildman–Crippen LogP) is 2.76. The minimum absolute atomic E-state index is 0.0523. The van der Waals surface area contributed by atoms with Crippen molar-refractivity contribution in [3.8, 4) is 5.88 Å². The normalized spacial score (nSPS) is 11.0. The molecule has 0 unspecified atom stereocenters. The lowest BCUT2D eigenvalue weighted by Crippen LogP contribution is -2.09. The van der Waals surface area contributed by atoms with Gasteiger partial charge in [-0.15, -0.1) is 0 Å². The second-order valence-corrected chi connectivity index (χ2v) is 4.63. The maximum atomic E-state index is 5.62. The zero-order chi connectivity index (χ0) is 11.7. The van der Waals surface area contributed by atoms with E-state index in [0.717, 1.165) is 15.4 Å². The number of hydrogen-bond donors (Lipinski definition) is 1. The number of ether oxygens (including phenoxy) is 1. The number of halogens is 1. The first kappa shape index (κ1) is 11.1. The summed E-state index contributed by atoms with van der Waals surface area (Å²) in [5.74, 6) is 0.754. The van der Waals surface area contributed by atoms with E-state index in [1.165, 1.54) is 0 Å². The van der Waals surface area contributed by atoms with Crippen molar-refractivity contribution in [1.82, 2.24) is 9.97 Å². The molecule has 0 aliphatic carbocycles. The molecule has 0 amide bonds. The molecule has 0 fully saturated rings. The van der Waals surface area contributed by atoms with Gasteiger partial charge in [-0.1, -0.05) is 15.9 Å². The molecule has 0 aliphatic heterocycles. The summed E-state index contributed by atoms with van der Waals surface area (Å²) in [5, 5.41) is 0.859. The Morgan fingerprint density at radius 3 is 2.75 bits per heavy atom. The number of nitrogens with zero attached hydrogens (tertiary/aromatic N) is 2. The number of nitrogen functional groups attached to an aromatic ring is 1. The second kappa shape index (κ2) is 4.25. The molecule has 5 heteroatoms. The van der Waals surface area contributed by atoms with Gasteiger partial charge in [-0.2, -0.15) is 4.98 Å². The van der Waals surface area contributed by atoms with E-state index in [-0.39, 0.29) is 12.1 Å². The average molecular weight is 282 g/mol. The van der Waals surface area contributed by atoms with Crippen molar-refractivity contribution in [2.45, 2.75) is 20.0 Å². The maximum Gasteiger partial charge on any atom is 0.226 e. The fourth-order valence-corrected chi connectivity index (χ4v) is 1.76. The van der Waals surface area contributed by atoms with E-state index < -0.39 is 0 Å². The van der Waals surface area contributed by atoms with Crippen molar-refractivity contribution in [2.75, 3.05) is 5.73 Å². The minimum atomic E-state index is 0.0523. The highest BCUT2D eigenvalue weighted by molar-refractivity contribution is 9.10. The Morgan fingerprint density at radius 2 is 2.06 bits per heavy atom. The Hall–Kier alpha value is -1.36. The Morgan fingerprint density at radius 1 is 1.31 bits per heavy atom. The molecule has 0 bridgehead atoms. The number of hydrogen-bond acceptors (Lipinski definition) is 4. The first-order valence-corrected chi connectivity index (χ1v) is 5.75. The number of rotatable bonds is 2. The summed E-state index contributed by atoms with van der Waals surface area (Å²) in [5.41, 5.74) is 6.41. The van der Waals surface area contributed by atoms with Gasteiger partial charge in [-0.05, 0) is 32.0 Å². The summed E-state index contributed by atoms with van der Waals surface area (Å²) < 4.78 is 6.57. The monoisotopic (exact) mass is 281 g/mol. The van der Waals surface area contributed by atoms with Gasteiger partial charge in [0.05, 0.1) is 17.0 Å². The fourth-order valence-electron chi connectivity index (χ4n) is 1.40. The van der Waals surface area contributed by atoms with Crippen LogP contribution in [0.5, 0.6) is 5.88 Å². The highest BCUT2D eigenvalue weighted by Crippen LogP contribution is 2.27. The number of anilines is 1. The summed E-state index contributed by atoms with van der Waals surface area (Å²) in [6.45, 7) is 3.89. The molecule has 1 aromatic heterocycles. The zero-order valence-electron chi connectivity index (χ0n) is 9.07. The van der Waals surface area contributed by atoms with Crippen LogP contribution in [-0.4, -0.2) is 16.1 Å². The Kier molecular flexibility index (Phi) is 2.96. The third-order valence-corrected chi connectivity index (χ3v) is 2.48. The largest absolute Gasteiger partial charge is 0.474 e. The van der Waals surface area contributed by atoms with Crippen molar-refractivity contribution in [3.63, 3.8) is 0 Å². The van der Waals surface area contributed by atoms with Gasteiger partial charge in [-0.25, -0.2) is 4.98 Å². The zero-order valence-corrected chi connectivity index (χ0v) is 10.7. The third-order valence-electron chi connectivity index (χ3n) is 1.99. The van der Waals surface area contributed by atoms with Crippen LogP contribution in [0.4, 0.5) is 5.95 Å². The summed E-state index contributed by atoms with van der Waals surface area (Å²) in [7, 11) is 0. The van der Waals surface area contributed by atoms with Crippen LogP contribution in [0.2, 0.25) is 0 Å². The second-order valence-electron chi connectivity index (χ2n) is 3.72. The number of aromatic nitrogens is 2. The van der Waals surface area contributed by atoms with E-state index in [1.807, 2.05) is 32.0 Å². The van der Waals surface area contributed by atoms with Crippen molar-refractivity contribution < 1.29 is 4.74 Å². The average Bonchev–Trinajstić information content (AvgIpc) is 2.18. The lowest BCUT2D eigenvalue weighted by atomic mass is 10.2. The van der Waals surface area contributed by atoms with Crippen molar-refractivity contribution in [1.29, 1.82) is 0 Å². The number of benzene rings is 1. The van der Waals surface area contributed by atoms with Crippen LogP contribution in [0.25, 0.3) is 10.9 Å². The third kappa shape index (κ3) is 2.24. The molecule has 0 atom stereocenters. The van der Waals surface area contributed by atoms with Gasteiger partial charge in [0.25, 0.3) is 0 Å². The Labute approximate surface area is 102 Å². The predicted molar refractivity (Wildman–Crippen MR) is 67.4 cm³/mol. The van der Waals surface area contributed by atoms with Crippen molar-refractivity contribution >= 4 is 32.8 Å². The molecule has 1 heterocycles. The molecule has 16 heavy (non-hydrogen) atoms. The minimum Gasteiger partial charge on any atom is -0.474 e. The van der Waals surface area contributed by atoms with Crippen LogP contribution in [0.1, 0.15) is 13.8 Å². The van der Waals surface area contributed by atoms with E-state index in [2.05, 4.69) is 25.9 Å². The molecule has 0 spiro atoms. The summed E-state index contributed by atoms with van der Waals surface area (Å²) in [6.07, 6.45) is 0.0523. The molecule has 0 aliphatic rings. The summed E-state index contributed by atoms with van der Waals surface area (Å²) in [6, 6.07) is 5.71. The highest BCUT2D eigenvalue weighted by atomic mass is 79.9. The van der Waals surface area contributed by atoms with E-state index in [4.69, 9.17) is 10.5 Å². The molecule has 0 saturated heterocycles. The van der Waals surface area contributed by atoms with E-state index in [1.54, 1.807) is 0 Å². The topological polar surface area (TPSA) is 61.0 Å². The first-order chi connectivity index (χ1) is 7.56. The number of nitrogens with two attached hydrogens (primary N) is 1. The van der Waals surface area contributed by atoms with Gasteiger partial charge in [0.1, 0.15) is 0 Å². The molecular formula is C11H12BrN3O. The van der Waals surface area contributed by atoms with Crippen LogP contribution < -0.4 is 10.5 Å². The van der Waals surface area contributed by atoms with E-state index >= 15 is 0 Å². The molecule has 0 saturated carbocycles. The molecule has 0 radical (unpaired) electrons. The number of fused-ring (bicyclic) bond motifs is 1. The SMILES string of the molecule is CC(C)Oc1nc(N)nc2ccc(Br)cc12. The van der Waals surface area contributed by atoms with Crippen LogP contribution in [-0.2, 0) is 0 Å². The van der Waals surface area contributed by atoms with E-state index in [0.29, 0.717) is 5.88 Å². The molecule has 84 valence electrons. The van der Waals surface area contributed by atoms with Crippen LogP contribution in [0.15, 0.2) is 22.7 Å². The first-order valence-electron chi connectivity index (χ1n) is 4.95. The lowest BCUT2D eigenvalue weighted by Gasteiger charge is -2.11. The quantitative estimate of drug-likeness (QED) is 0.920. The van der Waals surface area contributed by atoms with Gasteiger partial charge in [-0.3, -0.25) is 0 Å². The molecule has 1 aromatic carbocycles. The molecule has 2 rings (SSSR count). The van der Waals surface area contributed by atoms with E-state index in [9.17, 15) is 0 Å². The molecular weight excluding hydrogens is 270 g/mol. The van der Waals surface area contributed by atoms with Gasteiger partial charge in [0, 0.05) is 4.47 Å². The van der Waals surface area contributed by atoms with Crippen molar-refractivity contribution in [3.05, 3.63) is 22.7 Å². The lowest BCUT2D eigenvalue weighted by molar-refractivity contribution is 0.236. The molecule has 2 N–H and O–H groups in total. The van der Waals surface area contributed by atoms with Crippen LogP contribution in [0, 0.1) is 0 Å². The van der Waals surface area contributed by atoms with Gasteiger partial charge < -0.3 is 10.5 Å². The van der Waals surface area contributed by atoms with Gasteiger partial charge in [0.15, 0.2) is 0 Å². The Balaban J connectivity index is 2.64. The van der Waals surface area contributed by atoms with Gasteiger partial charge >= 0.3 is 0 Å². The summed E-state index contributed by atoms with van der Waals surface area (Å²) >= 11 is 3.41. The van der Waals surface area contributed by atoms with Crippen LogP contribution in [0.3, 0.4) is 0 Å². The van der Waals surface area contributed by atoms with Gasteiger partial charge in [0.2, 0.25) is 11.8 Å². The smallest absolute Gasteiger partial charge is 0.226 e. The standard InChI is InChI=1S/C11H12BrN3O/c1-6(2)16-10-8-5-7(12)3-4-9(8)14-11(13)15-10/h3-6H,1-2H3,(H2,13,14,15). The highest BCUT2D eigenvalue weighted by Gasteiger charge is 2.09. The molecule has 4 nitrogen and oxygen atoms in total. The molecule has 2 aromatic rings. The van der Waals surface area contributed by atoms with Crippen LogP contribution >= 0.6 is 15.9 Å². The Bertz CT molecular complexity index is 528. The summed E-state index contributed by atoms with van der Waals surface area (Å²) in [4.78, 5) is 8.26. The van der Waals surface area contributed by atoms with Crippen molar-refractivity contribution in [2.24, 2.45) is 0 Å². The maximum absolute atomic E-state index is 5.62. The fraction of sp³-hybridized carbons (Fsp3) is 0.273.